The van der Waals surface area contributed by atoms with Crippen molar-refractivity contribution in [2.75, 3.05) is 44.7 Å². The number of aliphatic hydroxyl groups excluding tert-OH is 1. The van der Waals surface area contributed by atoms with E-state index in [0.29, 0.717) is 26.1 Å². The molecule has 33 heavy (non-hydrogen) atoms. The number of aromatic hydroxyl groups is 1. The fraction of sp³-hybridized carbons (Fsp3) is 0.435. The van der Waals surface area contributed by atoms with Crippen LogP contribution in [0.25, 0.3) is 0 Å². The van der Waals surface area contributed by atoms with E-state index in [2.05, 4.69) is 10.2 Å². The number of carbonyl (C=O) groups excluding carboxylic acids is 1. The molecule has 2 rings (SSSR count). The fourth-order valence-electron chi connectivity index (χ4n) is 3.44. The molecule has 0 saturated heterocycles. The first-order valence-electron chi connectivity index (χ1n) is 10.7. The average Bonchev–Trinajstić information content (AvgIpc) is 2.76. The number of ether oxygens (including phenoxy) is 1. The maximum atomic E-state index is 13.2. The van der Waals surface area contributed by atoms with E-state index in [1.807, 2.05) is 6.92 Å². The SMILES string of the molecule is CCCN(CCOc1ccc(C(N)=O)c(C(F)(F)F)c1)CCc1cc(O)ccc1NCCO. The molecule has 2 aromatic carbocycles. The number of hydrogen-bond acceptors (Lipinski definition) is 6. The Hall–Kier alpha value is -2.98. The van der Waals surface area contributed by atoms with E-state index in [1.54, 1.807) is 18.2 Å². The second-order valence-corrected chi connectivity index (χ2v) is 7.50. The third kappa shape index (κ3) is 8.14. The second kappa shape index (κ2) is 12.3. The molecule has 0 aliphatic rings. The Morgan fingerprint density at radius 1 is 1.15 bits per heavy atom. The highest BCUT2D eigenvalue weighted by atomic mass is 19.4. The van der Waals surface area contributed by atoms with Crippen molar-refractivity contribution in [1.82, 2.24) is 4.90 Å². The van der Waals surface area contributed by atoms with E-state index in [-0.39, 0.29) is 24.7 Å². The molecular weight excluding hydrogens is 439 g/mol. The number of hydrogen-bond donors (Lipinski definition) is 4. The average molecular weight is 470 g/mol. The Bertz CT molecular complexity index is 922. The normalized spacial score (nSPS) is 11.6. The molecule has 1 amide bonds. The number of nitrogens with zero attached hydrogens (tertiary/aromatic N) is 1. The van der Waals surface area contributed by atoms with Gasteiger partial charge in [-0.15, -0.1) is 0 Å². The molecule has 2 aromatic rings. The summed E-state index contributed by atoms with van der Waals surface area (Å²) < 4.78 is 45.2. The predicted octanol–water partition coefficient (Wildman–Crippen LogP) is 3.25. The van der Waals surface area contributed by atoms with Crippen LogP contribution in [0.2, 0.25) is 0 Å². The minimum absolute atomic E-state index is 0.00671. The van der Waals surface area contributed by atoms with Crippen LogP contribution in [0.1, 0.15) is 34.8 Å². The summed E-state index contributed by atoms with van der Waals surface area (Å²) in [6.45, 7) is 4.43. The quantitative estimate of drug-likeness (QED) is 0.336. The van der Waals surface area contributed by atoms with Crippen molar-refractivity contribution < 1.29 is 32.9 Å². The van der Waals surface area contributed by atoms with Gasteiger partial charge in [0.2, 0.25) is 5.91 Å². The van der Waals surface area contributed by atoms with Crippen LogP contribution >= 0.6 is 0 Å². The van der Waals surface area contributed by atoms with Crippen LogP contribution in [-0.2, 0) is 12.6 Å². The summed E-state index contributed by atoms with van der Waals surface area (Å²) in [7, 11) is 0. The lowest BCUT2D eigenvalue weighted by molar-refractivity contribution is -0.138. The Kier molecular flexibility index (Phi) is 9.80. The molecule has 0 bridgehead atoms. The lowest BCUT2D eigenvalue weighted by Gasteiger charge is -2.23. The molecule has 0 aliphatic heterocycles. The van der Waals surface area contributed by atoms with Gasteiger partial charge in [0.25, 0.3) is 0 Å². The Morgan fingerprint density at radius 3 is 2.55 bits per heavy atom. The number of nitrogens with two attached hydrogens (primary N) is 1. The molecule has 0 atom stereocenters. The van der Waals surface area contributed by atoms with E-state index < -0.39 is 23.2 Å². The fourth-order valence-corrected chi connectivity index (χ4v) is 3.44. The minimum atomic E-state index is -4.72. The lowest BCUT2D eigenvalue weighted by Crippen LogP contribution is -2.31. The predicted molar refractivity (Wildman–Crippen MR) is 120 cm³/mol. The highest BCUT2D eigenvalue weighted by molar-refractivity contribution is 5.94. The number of benzene rings is 2. The van der Waals surface area contributed by atoms with Crippen LogP contribution in [0.5, 0.6) is 11.5 Å². The highest BCUT2D eigenvalue weighted by Gasteiger charge is 2.35. The van der Waals surface area contributed by atoms with Crippen molar-refractivity contribution in [3.05, 3.63) is 53.1 Å². The number of amides is 1. The van der Waals surface area contributed by atoms with E-state index in [0.717, 1.165) is 36.3 Å². The summed E-state index contributed by atoms with van der Waals surface area (Å²) in [5, 5.41) is 22.0. The summed E-state index contributed by atoms with van der Waals surface area (Å²) >= 11 is 0. The van der Waals surface area contributed by atoms with Crippen molar-refractivity contribution in [1.29, 1.82) is 0 Å². The van der Waals surface area contributed by atoms with Gasteiger partial charge in [0.1, 0.15) is 18.1 Å². The van der Waals surface area contributed by atoms with Crippen LogP contribution < -0.4 is 15.8 Å². The molecule has 0 radical (unpaired) electrons. The molecule has 182 valence electrons. The molecule has 0 fully saturated rings. The number of nitrogens with one attached hydrogen (secondary N) is 1. The summed E-state index contributed by atoms with van der Waals surface area (Å²) in [5.41, 5.74) is 5.04. The Labute approximate surface area is 191 Å². The maximum Gasteiger partial charge on any atom is 0.417 e. The standard InChI is InChI=1S/C23H30F3N3O4/c1-2-9-29(10-7-16-14-17(31)3-6-21(16)28-8-12-30)11-13-33-18-4-5-19(22(27)32)20(15-18)23(24,25)26/h3-6,14-15,28,30-31H,2,7-13H2,1H3,(H2,27,32). The number of alkyl halides is 3. The molecule has 10 heteroatoms. The van der Waals surface area contributed by atoms with Gasteiger partial charge >= 0.3 is 6.18 Å². The van der Waals surface area contributed by atoms with Crippen molar-refractivity contribution in [3.63, 3.8) is 0 Å². The number of anilines is 1. The number of aliphatic hydroxyl groups is 1. The summed E-state index contributed by atoms with van der Waals surface area (Å²) in [6.07, 6.45) is -3.23. The van der Waals surface area contributed by atoms with Crippen LogP contribution in [0.15, 0.2) is 36.4 Å². The van der Waals surface area contributed by atoms with Gasteiger partial charge in [-0.25, -0.2) is 0 Å². The summed E-state index contributed by atoms with van der Waals surface area (Å²) in [5.74, 6) is -1.00. The number of phenolic OH excluding ortho intramolecular Hbond substituents is 1. The van der Waals surface area contributed by atoms with Crippen LogP contribution in [-0.4, -0.2) is 60.4 Å². The first-order chi connectivity index (χ1) is 15.7. The van der Waals surface area contributed by atoms with Gasteiger partial charge in [0.15, 0.2) is 0 Å². The lowest BCUT2D eigenvalue weighted by atomic mass is 10.1. The molecular formula is C23H30F3N3O4. The topological polar surface area (TPSA) is 108 Å². The zero-order chi connectivity index (χ0) is 24.4. The number of primary amides is 1. The van der Waals surface area contributed by atoms with Crippen molar-refractivity contribution in [2.45, 2.75) is 25.9 Å². The van der Waals surface area contributed by atoms with E-state index in [1.165, 1.54) is 6.07 Å². The van der Waals surface area contributed by atoms with Crippen LogP contribution in [0, 0.1) is 0 Å². The van der Waals surface area contributed by atoms with Crippen molar-refractivity contribution in [3.8, 4) is 11.5 Å². The zero-order valence-electron chi connectivity index (χ0n) is 18.5. The molecule has 5 N–H and O–H groups in total. The van der Waals surface area contributed by atoms with Crippen molar-refractivity contribution >= 4 is 11.6 Å². The largest absolute Gasteiger partial charge is 0.508 e. The number of rotatable bonds is 13. The van der Waals surface area contributed by atoms with Gasteiger partial charge in [-0.2, -0.15) is 13.2 Å². The van der Waals surface area contributed by atoms with Gasteiger partial charge < -0.3 is 26.0 Å². The van der Waals surface area contributed by atoms with E-state index in [4.69, 9.17) is 15.6 Å². The Morgan fingerprint density at radius 2 is 1.91 bits per heavy atom. The Balaban J connectivity index is 2.00. The molecule has 0 heterocycles. The van der Waals surface area contributed by atoms with Crippen LogP contribution in [0.4, 0.5) is 18.9 Å². The molecule has 0 aliphatic carbocycles. The molecule has 7 nitrogen and oxygen atoms in total. The molecule has 0 saturated carbocycles. The molecule has 0 aromatic heterocycles. The summed E-state index contributed by atoms with van der Waals surface area (Å²) in [4.78, 5) is 13.4. The number of phenols is 1. The monoisotopic (exact) mass is 469 g/mol. The third-order valence-electron chi connectivity index (χ3n) is 4.99. The molecule has 0 unspecified atom stereocenters. The van der Waals surface area contributed by atoms with Gasteiger partial charge in [0.05, 0.1) is 17.7 Å². The first kappa shape index (κ1) is 26.3. The minimum Gasteiger partial charge on any atom is -0.508 e. The van der Waals surface area contributed by atoms with Crippen LogP contribution in [0.3, 0.4) is 0 Å². The van der Waals surface area contributed by atoms with E-state index >= 15 is 0 Å². The third-order valence-corrected chi connectivity index (χ3v) is 4.99. The number of halogens is 3. The highest BCUT2D eigenvalue weighted by Crippen LogP contribution is 2.34. The second-order valence-electron chi connectivity index (χ2n) is 7.50. The smallest absolute Gasteiger partial charge is 0.417 e. The first-order valence-corrected chi connectivity index (χ1v) is 10.7. The van der Waals surface area contributed by atoms with Gasteiger partial charge in [-0.3, -0.25) is 9.69 Å². The number of carbonyl (C=O) groups is 1. The maximum absolute atomic E-state index is 13.2. The zero-order valence-corrected chi connectivity index (χ0v) is 18.5. The van der Waals surface area contributed by atoms with Gasteiger partial charge in [-0.05, 0) is 61.3 Å². The summed E-state index contributed by atoms with van der Waals surface area (Å²) in [6, 6.07) is 8.09. The molecule has 0 spiro atoms. The van der Waals surface area contributed by atoms with Crippen molar-refractivity contribution in [2.24, 2.45) is 5.73 Å². The van der Waals surface area contributed by atoms with Gasteiger partial charge in [0, 0.05) is 25.3 Å². The van der Waals surface area contributed by atoms with Gasteiger partial charge in [-0.1, -0.05) is 6.92 Å². The van der Waals surface area contributed by atoms with E-state index in [9.17, 15) is 23.1 Å².